The van der Waals surface area contributed by atoms with Crippen molar-refractivity contribution in [2.24, 2.45) is 5.73 Å². The van der Waals surface area contributed by atoms with Crippen molar-refractivity contribution in [2.45, 2.75) is 180 Å². The normalized spacial score (nSPS) is 13.3. The third kappa shape index (κ3) is 32.7. The van der Waals surface area contributed by atoms with E-state index in [4.69, 9.17) is 24.3 Å². The van der Waals surface area contributed by atoms with E-state index >= 15 is 0 Å². The number of phosphoric ester groups is 1. The molecule has 0 aliphatic carbocycles. The van der Waals surface area contributed by atoms with Crippen molar-refractivity contribution in [1.29, 1.82) is 0 Å². The van der Waals surface area contributed by atoms with Gasteiger partial charge in [-0.1, -0.05) is 141 Å². The average Bonchev–Trinajstić information content (AvgIpc) is 3.04. The molecule has 0 aliphatic heterocycles. The molecule has 10 heteroatoms. The first-order valence-electron chi connectivity index (χ1n) is 18.6. The molecule has 0 aromatic carbocycles. The van der Waals surface area contributed by atoms with Gasteiger partial charge in [0.15, 0.2) is 6.10 Å². The lowest BCUT2D eigenvalue weighted by Gasteiger charge is -2.19. The Morgan fingerprint density at radius 1 is 0.674 bits per heavy atom. The van der Waals surface area contributed by atoms with Crippen molar-refractivity contribution in [2.75, 3.05) is 26.4 Å². The summed E-state index contributed by atoms with van der Waals surface area (Å²) in [6.45, 7) is 5.23. The molecule has 0 spiro atoms. The fourth-order valence-electron chi connectivity index (χ4n) is 5.26. The molecule has 272 valence electrons. The number of esters is 2. The van der Waals surface area contributed by atoms with Gasteiger partial charge in [0, 0.05) is 19.4 Å². The Morgan fingerprint density at radius 3 is 1.57 bits per heavy atom. The standard InChI is InChI=1S/C36H70NO8P/c1-3-5-7-9-11-13-15-16-17-18-19-21-22-24-26-28-35(38)42-32-34(33-44-46(40,41)43-31-30-37)45-36(39)29-27-25-23-20-14-12-10-8-6-4-2/h3,34H,1,4-33,37H2,2H3,(H,40,41)/t34-/m0/s1. The molecule has 0 radical (unpaired) electrons. The van der Waals surface area contributed by atoms with Gasteiger partial charge in [-0.25, -0.2) is 4.57 Å². The summed E-state index contributed by atoms with van der Waals surface area (Å²) in [6.07, 6.45) is 29.9. The highest BCUT2D eigenvalue weighted by Crippen LogP contribution is 2.43. The third-order valence-electron chi connectivity index (χ3n) is 8.05. The van der Waals surface area contributed by atoms with E-state index in [0.29, 0.717) is 6.42 Å². The van der Waals surface area contributed by atoms with Crippen LogP contribution in [0.1, 0.15) is 174 Å². The molecular weight excluding hydrogens is 605 g/mol. The molecule has 0 amide bonds. The van der Waals surface area contributed by atoms with Crippen LogP contribution in [-0.4, -0.2) is 49.3 Å². The number of hydrogen-bond acceptors (Lipinski definition) is 8. The first kappa shape index (κ1) is 44.8. The maximum Gasteiger partial charge on any atom is 0.472 e. The zero-order valence-corrected chi connectivity index (χ0v) is 30.3. The highest BCUT2D eigenvalue weighted by Gasteiger charge is 2.25. The van der Waals surface area contributed by atoms with Crippen LogP contribution in [-0.2, 0) is 32.7 Å². The van der Waals surface area contributed by atoms with Crippen LogP contribution in [0.25, 0.3) is 0 Å². The van der Waals surface area contributed by atoms with Gasteiger partial charge in [0.25, 0.3) is 0 Å². The van der Waals surface area contributed by atoms with Gasteiger partial charge >= 0.3 is 19.8 Å². The molecule has 0 saturated carbocycles. The molecule has 0 bridgehead atoms. The number of unbranched alkanes of at least 4 members (excludes halogenated alkanes) is 22. The maximum atomic E-state index is 12.5. The van der Waals surface area contributed by atoms with E-state index in [1.54, 1.807) is 0 Å². The summed E-state index contributed by atoms with van der Waals surface area (Å²) in [4.78, 5) is 34.6. The minimum atomic E-state index is -4.36. The number of ether oxygens (including phenoxy) is 2. The SMILES string of the molecule is C=CCCCCCCCCCCCCCCCC(=O)OC[C@@H](COP(=O)(O)OCCN)OC(=O)CCCCCCCCCCCC. The Labute approximate surface area is 281 Å². The quantitative estimate of drug-likeness (QED) is 0.0288. The van der Waals surface area contributed by atoms with Crippen molar-refractivity contribution in [1.82, 2.24) is 0 Å². The summed E-state index contributed by atoms with van der Waals surface area (Å²) < 4.78 is 32.6. The molecule has 9 nitrogen and oxygen atoms in total. The average molecular weight is 676 g/mol. The number of allylic oxidation sites excluding steroid dienone is 1. The van der Waals surface area contributed by atoms with Crippen LogP contribution in [0.2, 0.25) is 0 Å². The molecule has 46 heavy (non-hydrogen) atoms. The molecule has 2 atom stereocenters. The molecule has 0 aliphatic rings. The number of nitrogens with two attached hydrogens (primary N) is 1. The predicted octanol–water partition coefficient (Wildman–Crippen LogP) is 9.88. The van der Waals surface area contributed by atoms with Crippen LogP contribution >= 0.6 is 7.82 Å². The largest absolute Gasteiger partial charge is 0.472 e. The van der Waals surface area contributed by atoms with E-state index in [9.17, 15) is 19.0 Å². The number of carbonyl (C=O) groups excluding carboxylic acids is 2. The fraction of sp³-hybridized carbons (Fsp3) is 0.889. The van der Waals surface area contributed by atoms with Gasteiger partial charge in [-0.05, 0) is 25.7 Å². The van der Waals surface area contributed by atoms with E-state index in [-0.39, 0.29) is 38.6 Å². The molecule has 0 aromatic heterocycles. The minimum absolute atomic E-state index is 0.0555. The molecule has 0 saturated heterocycles. The van der Waals surface area contributed by atoms with Gasteiger partial charge in [-0.2, -0.15) is 0 Å². The summed E-state index contributed by atoms with van der Waals surface area (Å²) in [5.41, 5.74) is 5.32. The van der Waals surface area contributed by atoms with Crippen LogP contribution in [0.4, 0.5) is 0 Å². The fourth-order valence-corrected chi connectivity index (χ4v) is 6.03. The predicted molar refractivity (Wildman–Crippen MR) is 188 cm³/mol. The lowest BCUT2D eigenvalue weighted by Crippen LogP contribution is -2.29. The maximum absolute atomic E-state index is 12.5. The van der Waals surface area contributed by atoms with E-state index < -0.39 is 26.5 Å². The smallest absolute Gasteiger partial charge is 0.462 e. The Morgan fingerprint density at radius 2 is 1.11 bits per heavy atom. The monoisotopic (exact) mass is 675 g/mol. The summed E-state index contributed by atoms with van der Waals surface area (Å²) >= 11 is 0. The summed E-state index contributed by atoms with van der Waals surface area (Å²) in [6, 6.07) is 0. The van der Waals surface area contributed by atoms with Gasteiger partial charge in [-0.3, -0.25) is 18.6 Å². The van der Waals surface area contributed by atoms with Crippen molar-refractivity contribution < 1.29 is 37.6 Å². The molecule has 0 aromatic rings. The highest BCUT2D eigenvalue weighted by molar-refractivity contribution is 7.47. The number of phosphoric acid groups is 1. The zero-order valence-electron chi connectivity index (χ0n) is 29.4. The van der Waals surface area contributed by atoms with Crippen LogP contribution in [0.15, 0.2) is 12.7 Å². The lowest BCUT2D eigenvalue weighted by atomic mass is 10.0. The second kappa shape index (κ2) is 33.6. The second-order valence-corrected chi connectivity index (χ2v) is 14.0. The van der Waals surface area contributed by atoms with Crippen LogP contribution < -0.4 is 5.73 Å². The van der Waals surface area contributed by atoms with E-state index in [1.807, 2.05) is 6.08 Å². The molecule has 3 N–H and O–H groups in total. The van der Waals surface area contributed by atoms with Crippen LogP contribution in [0, 0.1) is 0 Å². The summed E-state index contributed by atoms with van der Waals surface area (Å²) in [7, 11) is -4.36. The molecule has 0 heterocycles. The first-order valence-corrected chi connectivity index (χ1v) is 20.1. The van der Waals surface area contributed by atoms with Crippen molar-refractivity contribution in [3.05, 3.63) is 12.7 Å². The van der Waals surface area contributed by atoms with Crippen molar-refractivity contribution >= 4 is 19.8 Å². The third-order valence-corrected chi connectivity index (χ3v) is 9.03. The van der Waals surface area contributed by atoms with Gasteiger partial charge in [-0.15, -0.1) is 6.58 Å². The molecule has 0 fully saturated rings. The van der Waals surface area contributed by atoms with E-state index in [1.165, 1.54) is 109 Å². The summed E-state index contributed by atoms with van der Waals surface area (Å²) in [5, 5.41) is 0. The number of rotatable bonds is 36. The molecule has 1 unspecified atom stereocenters. The number of carbonyl (C=O) groups is 2. The zero-order chi connectivity index (χ0) is 34.0. The lowest BCUT2D eigenvalue weighted by molar-refractivity contribution is -0.161. The van der Waals surface area contributed by atoms with E-state index in [0.717, 1.165) is 38.5 Å². The van der Waals surface area contributed by atoms with Gasteiger partial charge in [0.05, 0.1) is 13.2 Å². The topological polar surface area (TPSA) is 134 Å². The van der Waals surface area contributed by atoms with Crippen molar-refractivity contribution in [3.63, 3.8) is 0 Å². The van der Waals surface area contributed by atoms with Crippen LogP contribution in [0.5, 0.6) is 0 Å². The Bertz CT molecular complexity index is 766. The van der Waals surface area contributed by atoms with E-state index in [2.05, 4.69) is 13.5 Å². The Hall–Kier alpha value is -1.25. The second-order valence-electron chi connectivity index (χ2n) is 12.5. The Kier molecular flexibility index (Phi) is 32.7. The molecule has 0 rings (SSSR count). The number of hydrogen-bond donors (Lipinski definition) is 2. The van der Waals surface area contributed by atoms with Gasteiger partial charge in [0.1, 0.15) is 6.61 Å². The molecular formula is C36H70NO8P. The van der Waals surface area contributed by atoms with Crippen LogP contribution in [0.3, 0.4) is 0 Å². The Balaban J connectivity index is 4.16. The first-order chi connectivity index (χ1) is 22.3. The summed E-state index contributed by atoms with van der Waals surface area (Å²) in [5.74, 6) is -0.828. The minimum Gasteiger partial charge on any atom is -0.462 e. The van der Waals surface area contributed by atoms with Gasteiger partial charge in [0.2, 0.25) is 0 Å². The van der Waals surface area contributed by atoms with Crippen molar-refractivity contribution in [3.8, 4) is 0 Å². The van der Waals surface area contributed by atoms with Gasteiger partial charge < -0.3 is 20.1 Å². The highest BCUT2D eigenvalue weighted by atomic mass is 31.2.